The van der Waals surface area contributed by atoms with Crippen molar-refractivity contribution < 1.29 is 9.53 Å². The number of fused-ring (bicyclic) bond motifs is 1. The molecule has 1 amide bonds. The number of rotatable bonds is 8. The number of ether oxygens (including phenoxy) is 1. The molecule has 10 nitrogen and oxygen atoms in total. The molecule has 0 spiro atoms. The Morgan fingerprint density at radius 2 is 2.05 bits per heavy atom. The zero-order chi connectivity index (χ0) is 29.9. The molecule has 0 bridgehead atoms. The van der Waals surface area contributed by atoms with Crippen LogP contribution in [0.4, 0.5) is 11.5 Å². The number of anilines is 2. The first-order valence-electron chi connectivity index (χ1n) is 14.4. The largest absolute Gasteiger partial charge is 0.461 e. The Kier molecular flexibility index (Phi) is 8.86. The smallest absolute Gasteiger partial charge is 0.318 e. The van der Waals surface area contributed by atoms with Crippen molar-refractivity contribution >= 4 is 29.0 Å². The number of halogens is 1. The predicted molar refractivity (Wildman–Crippen MR) is 161 cm³/mol. The van der Waals surface area contributed by atoms with Gasteiger partial charge in [0, 0.05) is 37.7 Å². The third kappa shape index (κ3) is 5.88. The van der Waals surface area contributed by atoms with Crippen molar-refractivity contribution in [3.8, 4) is 18.1 Å². The summed E-state index contributed by atoms with van der Waals surface area (Å²) in [6.45, 7) is 6.84. The molecule has 220 valence electrons. The van der Waals surface area contributed by atoms with E-state index < -0.39 is 0 Å². The Hall–Kier alpha value is -3.86. The number of carbonyl (C=O) groups excluding carboxylic acids is 1. The molecule has 1 aromatic heterocycles. The molecule has 2 fully saturated rings. The van der Waals surface area contributed by atoms with Crippen LogP contribution in [0, 0.1) is 28.6 Å². The molecule has 2 aliphatic heterocycles. The van der Waals surface area contributed by atoms with Gasteiger partial charge in [0.1, 0.15) is 12.4 Å². The Bertz CT molecular complexity index is 1420. The molecule has 1 saturated carbocycles. The van der Waals surface area contributed by atoms with Gasteiger partial charge in [0.25, 0.3) is 0 Å². The monoisotopic (exact) mass is 588 g/mol. The second-order valence-corrected chi connectivity index (χ2v) is 12.0. The van der Waals surface area contributed by atoms with Gasteiger partial charge in [0.05, 0.1) is 53.1 Å². The number of nitriles is 2. The molecular weight excluding hydrogens is 552 g/mol. The van der Waals surface area contributed by atoms with E-state index in [2.05, 4.69) is 33.4 Å². The van der Waals surface area contributed by atoms with Gasteiger partial charge in [-0.3, -0.25) is 4.79 Å². The predicted octanol–water partition coefficient (Wildman–Crippen LogP) is 3.81. The zero-order valence-electron chi connectivity index (χ0n) is 24.3. The van der Waals surface area contributed by atoms with E-state index in [1.54, 1.807) is 4.90 Å². The minimum absolute atomic E-state index is 0.00632. The van der Waals surface area contributed by atoms with Gasteiger partial charge in [-0.1, -0.05) is 30.3 Å². The van der Waals surface area contributed by atoms with Gasteiger partial charge in [-0.25, -0.2) is 0 Å². The number of piperazine rings is 1. The normalized spacial score (nSPS) is 23.7. The molecule has 3 heterocycles. The van der Waals surface area contributed by atoms with Crippen molar-refractivity contribution in [1.82, 2.24) is 19.8 Å². The fourth-order valence-electron chi connectivity index (χ4n) is 6.44. The maximum absolute atomic E-state index is 12.5. The first-order valence-corrected chi connectivity index (χ1v) is 14.8. The van der Waals surface area contributed by atoms with Crippen LogP contribution in [0.3, 0.4) is 0 Å². The first kappa shape index (κ1) is 29.6. The average molecular weight is 589 g/mol. The molecule has 2 aromatic rings. The molecular formula is C31H37ClN8O2. The van der Waals surface area contributed by atoms with E-state index in [0.29, 0.717) is 43.8 Å². The second kappa shape index (κ2) is 12.6. The Morgan fingerprint density at radius 3 is 2.74 bits per heavy atom. The van der Waals surface area contributed by atoms with Crippen LogP contribution in [0.1, 0.15) is 36.9 Å². The zero-order valence-corrected chi connectivity index (χ0v) is 25.1. The minimum atomic E-state index is -0.272. The fourth-order valence-corrected chi connectivity index (χ4v) is 6.70. The van der Waals surface area contributed by atoms with Crippen LogP contribution in [0.5, 0.6) is 6.01 Å². The van der Waals surface area contributed by atoms with Gasteiger partial charge in [0.2, 0.25) is 5.91 Å². The number of benzene rings is 1. The molecule has 0 radical (unpaired) electrons. The molecule has 2 unspecified atom stereocenters. The number of likely N-dealkylation sites (N-methyl/N-ethyl adjacent to an activating group) is 1. The van der Waals surface area contributed by atoms with Crippen LogP contribution in [-0.2, 0) is 17.8 Å². The van der Waals surface area contributed by atoms with Crippen LogP contribution in [0.25, 0.3) is 0 Å². The van der Waals surface area contributed by atoms with Crippen molar-refractivity contribution in [3.05, 3.63) is 53.2 Å². The molecule has 5 rings (SSSR count). The highest BCUT2D eigenvalue weighted by Gasteiger charge is 2.42. The van der Waals surface area contributed by atoms with E-state index in [0.717, 1.165) is 55.0 Å². The molecule has 3 aliphatic rings. The van der Waals surface area contributed by atoms with Crippen LogP contribution in [0.2, 0.25) is 5.02 Å². The summed E-state index contributed by atoms with van der Waals surface area (Å²) in [5.74, 6) is 0.634. The van der Waals surface area contributed by atoms with Gasteiger partial charge in [-0.15, -0.1) is 0 Å². The molecule has 1 saturated heterocycles. The summed E-state index contributed by atoms with van der Waals surface area (Å²) >= 11 is 6.56. The van der Waals surface area contributed by atoms with Gasteiger partial charge in [-0.05, 0) is 58.0 Å². The highest BCUT2D eigenvalue weighted by Crippen LogP contribution is 2.39. The quantitative estimate of drug-likeness (QED) is 0.425. The van der Waals surface area contributed by atoms with Crippen molar-refractivity contribution in [3.63, 3.8) is 0 Å². The summed E-state index contributed by atoms with van der Waals surface area (Å²) in [5, 5.41) is 19.7. The summed E-state index contributed by atoms with van der Waals surface area (Å²) in [4.78, 5) is 30.7. The lowest BCUT2D eigenvalue weighted by Gasteiger charge is -2.42. The highest BCUT2D eigenvalue weighted by atomic mass is 35.5. The van der Waals surface area contributed by atoms with E-state index in [9.17, 15) is 15.3 Å². The summed E-state index contributed by atoms with van der Waals surface area (Å²) in [7, 11) is 4.06. The Morgan fingerprint density at radius 1 is 1.24 bits per heavy atom. The molecule has 1 aliphatic carbocycles. The van der Waals surface area contributed by atoms with Crippen molar-refractivity contribution in [2.24, 2.45) is 5.92 Å². The Labute approximate surface area is 252 Å². The lowest BCUT2D eigenvalue weighted by molar-refractivity contribution is -0.128. The number of carbonyl (C=O) groups is 1. The molecule has 0 N–H and O–H groups in total. The molecule has 42 heavy (non-hydrogen) atoms. The number of hydrogen-bond acceptors (Lipinski definition) is 9. The number of aromatic nitrogens is 2. The number of amides is 1. The maximum Gasteiger partial charge on any atom is 0.318 e. The van der Waals surface area contributed by atoms with Crippen molar-refractivity contribution in [1.29, 1.82) is 10.5 Å². The molecule has 3 atom stereocenters. The van der Waals surface area contributed by atoms with Gasteiger partial charge < -0.3 is 24.3 Å². The average Bonchev–Trinajstić information content (AvgIpc) is 3.44. The van der Waals surface area contributed by atoms with Gasteiger partial charge in [-0.2, -0.15) is 20.5 Å². The lowest BCUT2D eigenvalue weighted by atomic mass is 9.96. The van der Waals surface area contributed by atoms with Crippen molar-refractivity contribution in [2.75, 3.05) is 56.7 Å². The number of hydrogen-bond donors (Lipinski definition) is 0. The Balaban J connectivity index is 1.47. The fraction of sp³-hybridized carbons (Fsp3) is 0.516. The van der Waals surface area contributed by atoms with Crippen molar-refractivity contribution in [2.45, 2.75) is 50.2 Å². The van der Waals surface area contributed by atoms with E-state index in [1.807, 2.05) is 38.4 Å². The van der Waals surface area contributed by atoms with E-state index in [-0.39, 0.29) is 29.8 Å². The number of para-hydroxylation sites is 1. The van der Waals surface area contributed by atoms with E-state index in [1.165, 1.54) is 6.08 Å². The summed E-state index contributed by atoms with van der Waals surface area (Å²) in [5.41, 5.74) is 2.62. The first-order chi connectivity index (χ1) is 20.3. The second-order valence-electron chi connectivity index (χ2n) is 11.6. The molecule has 1 aromatic carbocycles. The van der Waals surface area contributed by atoms with Crippen LogP contribution < -0.4 is 14.5 Å². The van der Waals surface area contributed by atoms with Crippen LogP contribution in [-0.4, -0.2) is 84.1 Å². The summed E-state index contributed by atoms with van der Waals surface area (Å²) < 4.78 is 6.39. The standard InChI is InChI=1S/C31H37ClN8O2/c1-4-28(41)40-16-15-39(19-23(40)10-13-33)29-24-11-14-38(27-8-6-5-7-25(27)32)20-26(24)35-30(36-29)42-21-31(37(2)3)12-9-22(17-31)18-34/h4-8,22-23H,1,9-12,14-17,19-21H2,2-3H3/t22?,23-,31?/m0/s1. The van der Waals surface area contributed by atoms with Crippen LogP contribution >= 0.6 is 11.6 Å². The van der Waals surface area contributed by atoms with Gasteiger partial charge in [0.15, 0.2) is 0 Å². The van der Waals surface area contributed by atoms with E-state index in [4.69, 9.17) is 26.3 Å². The number of nitrogens with zero attached hydrogens (tertiary/aromatic N) is 8. The minimum Gasteiger partial charge on any atom is -0.461 e. The summed E-state index contributed by atoms with van der Waals surface area (Å²) in [6.07, 6.45) is 4.70. The molecule has 11 heteroatoms. The lowest BCUT2D eigenvalue weighted by Crippen LogP contribution is -2.55. The third-order valence-corrected chi connectivity index (χ3v) is 9.29. The van der Waals surface area contributed by atoms with Crippen LogP contribution in [0.15, 0.2) is 36.9 Å². The summed E-state index contributed by atoms with van der Waals surface area (Å²) in [6, 6.07) is 12.5. The third-order valence-electron chi connectivity index (χ3n) is 8.97. The highest BCUT2D eigenvalue weighted by molar-refractivity contribution is 6.33. The van der Waals surface area contributed by atoms with E-state index >= 15 is 0 Å². The SMILES string of the molecule is C=CC(=O)N1CCN(c2nc(OCC3(N(C)C)CCC(C#N)C3)nc3c2CCN(c2ccccc2Cl)C3)C[C@@H]1CC#N. The topological polar surface area (TPSA) is 113 Å². The van der Waals surface area contributed by atoms with Gasteiger partial charge >= 0.3 is 6.01 Å². The maximum atomic E-state index is 12.5.